The number of rotatable bonds is 4. The second-order valence-corrected chi connectivity index (χ2v) is 5.73. The van der Waals surface area contributed by atoms with Crippen molar-refractivity contribution in [2.24, 2.45) is 5.92 Å². The van der Waals surface area contributed by atoms with E-state index in [1.807, 2.05) is 12.2 Å². The van der Waals surface area contributed by atoms with E-state index >= 15 is 0 Å². The van der Waals surface area contributed by atoms with Gasteiger partial charge in [0.05, 0.1) is 5.56 Å². The van der Waals surface area contributed by atoms with Crippen LogP contribution in [0.4, 0.5) is 13.2 Å². The first-order valence-corrected chi connectivity index (χ1v) is 7.65. The molecule has 1 heterocycles. The van der Waals surface area contributed by atoms with Gasteiger partial charge >= 0.3 is 6.18 Å². The van der Waals surface area contributed by atoms with Crippen molar-refractivity contribution in [2.75, 3.05) is 13.1 Å². The maximum absolute atomic E-state index is 12.5. The fourth-order valence-corrected chi connectivity index (χ4v) is 2.70. The van der Waals surface area contributed by atoms with Gasteiger partial charge in [0.1, 0.15) is 0 Å². The lowest BCUT2D eigenvalue weighted by Gasteiger charge is -2.30. The summed E-state index contributed by atoms with van der Waals surface area (Å²) in [4.78, 5) is 13.3. The summed E-state index contributed by atoms with van der Waals surface area (Å²) >= 11 is 0. The van der Waals surface area contributed by atoms with Crippen molar-refractivity contribution in [3.63, 3.8) is 0 Å². The van der Waals surface area contributed by atoms with Crippen LogP contribution < -0.4 is 0 Å². The number of hydrogen-bond donors (Lipinski definition) is 0. The zero-order chi connectivity index (χ0) is 16.9. The molecule has 0 saturated carbocycles. The fourth-order valence-electron chi connectivity index (χ4n) is 2.70. The molecule has 0 spiro atoms. The van der Waals surface area contributed by atoms with Crippen LogP contribution in [0.25, 0.3) is 6.08 Å². The summed E-state index contributed by atoms with van der Waals surface area (Å²) in [6.07, 6.45) is 3.65. The minimum atomic E-state index is -4.29. The Hall–Kier alpha value is -2.04. The van der Waals surface area contributed by atoms with Gasteiger partial charge in [0.25, 0.3) is 0 Å². The first kappa shape index (κ1) is 17.3. The van der Waals surface area contributed by atoms with Crippen LogP contribution >= 0.6 is 0 Å². The maximum atomic E-state index is 12.5. The van der Waals surface area contributed by atoms with E-state index in [0.29, 0.717) is 5.92 Å². The lowest BCUT2D eigenvalue weighted by molar-refractivity contribution is -0.137. The average Bonchev–Trinajstić information content (AvgIpc) is 2.54. The monoisotopic (exact) mass is 323 g/mol. The molecule has 1 saturated heterocycles. The van der Waals surface area contributed by atoms with E-state index in [2.05, 4.69) is 6.58 Å². The lowest BCUT2D eigenvalue weighted by atomic mass is 9.93. The van der Waals surface area contributed by atoms with E-state index < -0.39 is 11.7 Å². The number of carbonyl (C=O) groups excluding carboxylic acids is 1. The molecule has 2 nitrogen and oxygen atoms in total. The van der Waals surface area contributed by atoms with Gasteiger partial charge < -0.3 is 4.90 Å². The first-order valence-electron chi connectivity index (χ1n) is 7.65. The lowest BCUT2D eigenvalue weighted by Crippen LogP contribution is -2.37. The van der Waals surface area contributed by atoms with Crippen molar-refractivity contribution >= 4 is 12.0 Å². The third-order valence-corrected chi connectivity index (χ3v) is 4.12. The Balaban J connectivity index is 1.81. The highest BCUT2D eigenvalue weighted by molar-refractivity contribution is 5.87. The van der Waals surface area contributed by atoms with Gasteiger partial charge in [0.2, 0.25) is 5.91 Å². The number of allylic oxidation sites excluding steroid dienone is 1. The Bertz CT molecular complexity index is 567. The van der Waals surface area contributed by atoms with Crippen molar-refractivity contribution in [3.05, 3.63) is 54.1 Å². The number of likely N-dealkylation sites (tertiary alicyclic amines) is 1. The second kappa shape index (κ2) is 7.49. The third-order valence-electron chi connectivity index (χ3n) is 4.12. The van der Waals surface area contributed by atoms with Gasteiger partial charge in [-0.25, -0.2) is 0 Å². The number of piperidine rings is 1. The summed E-state index contributed by atoms with van der Waals surface area (Å²) < 4.78 is 37.4. The highest BCUT2D eigenvalue weighted by Gasteiger charge is 2.29. The number of benzene rings is 1. The van der Waals surface area contributed by atoms with E-state index in [4.69, 9.17) is 0 Å². The molecule has 1 amide bonds. The molecule has 1 aliphatic heterocycles. The third kappa shape index (κ3) is 4.98. The number of halogens is 3. The van der Waals surface area contributed by atoms with Crippen LogP contribution in [0.15, 0.2) is 43.0 Å². The van der Waals surface area contributed by atoms with Gasteiger partial charge in [-0.3, -0.25) is 4.79 Å². The highest BCUT2D eigenvalue weighted by atomic mass is 19.4. The molecule has 2 rings (SSSR count). The Labute approximate surface area is 134 Å². The average molecular weight is 323 g/mol. The fraction of sp³-hybridized carbons (Fsp3) is 0.389. The Morgan fingerprint density at radius 3 is 2.35 bits per heavy atom. The van der Waals surface area contributed by atoms with E-state index in [1.54, 1.807) is 4.90 Å². The SMILES string of the molecule is C=CC(=O)N1CCC(C/C=C/c2ccc(C(F)(F)F)cc2)CC1. The molecule has 124 valence electrons. The van der Waals surface area contributed by atoms with Crippen LogP contribution in [0.1, 0.15) is 30.4 Å². The van der Waals surface area contributed by atoms with Crippen LogP contribution in [0, 0.1) is 5.92 Å². The molecule has 23 heavy (non-hydrogen) atoms. The molecular formula is C18H20F3NO. The van der Waals surface area contributed by atoms with Crippen LogP contribution in [-0.4, -0.2) is 23.9 Å². The molecular weight excluding hydrogens is 303 g/mol. The van der Waals surface area contributed by atoms with Crippen LogP contribution in [-0.2, 0) is 11.0 Å². The molecule has 0 radical (unpaired) electrons. The van der Waals surface area contributed by atoms with Crippen LogP contribution in [0.3, 0.4) is 0 Å². The molecule has 0 N–H and O–H groups in total. The summed E-state index contributed by atoms with van der Waals surface area (Å²) in [6, 6.07) is 5.15. The van der Waals surface area contributed by atoms with Crippen molar-refractivity contribution in [1.82, 2.24) is 4.90 Å². The minimum absolute atomic E-state index is 0.0243. The Kier molecular flexibility index (Phi) is 5.64. The molecule has 0 bridgehead atoms. The standard InChI is InChI=1S/C18H20F3NO/c1-2-17(23)22-12-10-15(11-13-22)5-3-4-14-6-8-16(9-7-14)18(19,20)21/h2-4,6-9,15H,1,5,10-13H2/b4-3+. The normalized spacial score (nSPS) is 16.7. The number of nitrogens with zero attached hydrogens (tertiary/aromatic N) is 1. The number of amides is 1. The van der Waals surface area contributed by atoms with E-state index in [9.17, 15) is 18.0 Å². The zero-order valence-corrected chi connectivity index (χ0v) is 12.9. The second-order valence-electron chi connectivity index (χ2n) is 5.73. The predicted octanol–water partition coefficient (Wildman–Crippen LogP) is 4.53. The molecule has 0 aliphatic carbocycles. The Morgan fingerprint density at radius 2 is 1.83 bits per heavy atom. The Morgan fingerprint density at radius 1 is 1.22 bits per heavy atom. The molecule has 1 aromatic rings. The molecule has 0 aromatic heterocycles. The van der Waals surface area contributed by atoms with E-state index in [1.165, 1.54) is 18.2 Å². The van der Waals surface area contributed by atoms with Gasteiger partial charge in [0.15, 0.2) is 0 Å². The molecule has 0 atom stereocenters. The minimum Gasteiger partial charge on any atom is -0.339 e. The first-order chi connectivity index (χ1) is 10.9. The maximum Gasteiger partial charge on any atom is 0.416 e. The summed E-state index contributed by atoms with van der Waals surface area (Å²) in [5.74, 6) is 0.485. The predicted molar refractivity (Wildman–Crippen MR) is 84.6 cm³/mol. The van der Waals surface area contributed by atoms with Crippen molar-refractivity contribution in [1.29, 1.82) is 0 Å². The van der Waals surface area contributed by atoms with E-state index in [0.717, 1.165) is 50.0 Å². The highest BCUT2D eigenvalue weighted by Crippen LogP contribution is 2.29. The summed E-state index contributed by atoms with van der Waals surface area (Å²) in [5, 5.41) is 0. The smallest absolute Gasteiger partial charge is 0.339 e. The molecule has 1 fully saturated rings. The summed E-state index contributed by atoms with van der Waals surface area (Å²) in [5.41, 5.74) is 0.131. The van der Waals surface area contributed by atoms with Gasteiger partial charge in [-0.05, 0) is 49.0 Å². The molecule has 5 heteroatoms. The van der Waals surface area contributed by atoms with Gasteiger partial charge in [-0.15, -0.1) is 0 Å². The van der Waals surface area contributed by atoms with Crippen molar-refractivity contribution < 1.29 is 18.0 Å². The summed E-state index contributed by atoms with van der Waals surface area (Å²) in [7, 11) is 0. The summed E-state index contributed by atoms with van der Waals surface area (Å²) in [6.45, 7) is 4.97. The van der Waals surface area contributed by atoms with Crippen LogP contribution in [0.5, 0.6) is 0 Å². The number of carbonyl (C=O) groups is 1. The largest absolute Gasteiger partial charge is 0.416 e. The zero-order valence-electron chi connectivity index (χ0n) is 12.9. The topological polar surface area (TPSA) is 20.3 Å². The van der Waals surface area contributed by atoms with Gasteiger partial charge in [-0.2, -0.15) is 13.2 Å². The molecule has 1 aliphatic rings. The number of hydrogen-bond acceptors (Lipinski definition) is 1. The van der Waals surface area contributed by atoms with Crippen molar-refractivity contribution in [3.8, 4) is 0 Å². The van der Waals surface area contributed by atoms with Crippen LogP contribution in [0.2, 0.25) is 0 Å². The quantitative estimate of drug-likeness (QED) is 0.745. The molecule has 1 aromatic carbocycles. The van der Waals surface area contributed by atoms with Crippen molar-refractivity contribution in [2.45, 2.75) is 25.4 Å². The molecule has 0 unspecified atom stereocenters. The van der Waals surface area contributed by atoms with E-state index in [-0.39, 0.29) is 5.91 Å². The number of alkyl halides is 3. The van der Waals surface area contributed by atoms with Gasteiger partial charge in [0, 0.05) is 13.1 Å². The van der Waals surface area contributed by atoms with Gasteiger partial charge in [-0.1, -0.05) is 30.9 Å².